The Bertz CT molecular complexity index is 1710. The molecule has 8 aliphatic rings. The standard InChI is InChI=1S/C26H40O5.C25H40O5.3CH4/c1-5-16-19-12-15(27)10-11-25(19,3)20-13-21(28)26(4)17(14(2)6-9-22(29)30)7-8-18(26)23(20)24(16)31;1-14(5-8-22(29)30-4)17-6-7-18-23-19(13-21(28)25(17,18)3)24(2)10-9-16(26)11-15(24)12-20(23)27;;;/h5,14-15,17-21,23,27-28H,6-13H2,1-4H3,(H,29,30);14-19,21,23,26,28H,5-13H2,1-4H3;3*1H4/b16-5+;;;;/t14-,15-,17-,18?,19+,20?,21+,23+,25+,26-;14-,15+,16-,17-,18?,19?,21+,23+,24+,25-;;;/m11.../s1. The summed E-state index contributed by atoms with van der Waals surface area (Å²) in [6.45, 7) is 15.3. The molecule has 0 aliphatic heterocycles. The Balaban J connectivity index is 0.000000268. The number of fused-ring (bicyclic) bond motifs is 10. The number of rotatable bonds is 8. The number of aliphatic hydroxyl groups is 4. The summed E-state index contributed by atoms with van der Waals surface area (Å²) in [5.41, 5.74) is 0.293. The second-order valence-electron chi connectivity index (χ2n) is 23.0. The molecular weight excluding hydrogens is 809 g/mol. The van der Waals surface area contributed by atoms with Gasteiger partial charge in [0.2, 0.25) is 0 Å². The molecule has 0 amide bonds. The number of carbonyl (C=O) groups excluding carboxylic acids is 3. The van der Waals surface area contributed by atoms with Crippen molar-refractivity contribution in [1.82, 2.24) is 0 Å². The predicted octanol–water partition coefficient (Wildman–Crippen LogP) is 9.87. The van der Waals surface area contributed by atoms with E-state index in [1.165, 1.54) is 7.11 Å². The first kappa shape index (κ1) is 54.5. The van der Waals surface area contributed by atoms with Crippen LogP contribution in [0.4, 0.5) is 0 Å². The molecule has 0 aromatic carbocycles. The van der Waals surface area contributed by atoms with Crippen molar-refractivity contribution in [2.75, 3.05) is 7.11 Å². The fraction of sp³-hybridized carbons (Fsp3) is 0.889. The largest absolute Gasteiger partial charge is 0.481 e. The van der Waals surface area contributed by atoms with Crippen LogP contribution in [0.15, 0.2) is 11.6 Å². The lowest BCUT2D eigenvalue weighted by atomic mass is 9.42. The number of esters is 1. The van der Waals surface area contributed by atoms with Crippen LogP contribution in [0.2, 0.25) is 0 Å². The lowest BCUT2D eigenvalue weighted by Crippen LogP contribution is -2.62. The molecule has 8 saturated carbocycles. The number of hydrogen-bond donors (Lipinski definition) is 5. The van der Waals surface area contributed by atoms with E-state index >= 15 is 0 Å². The quantitative estimate of drug-likeness (QED) is 0.116. The Hall–Kier alpha value is -2.14. The van der Waals surface area contributed by atoms with Crippen molar-refractivity contribution in [3.05, 3.63) is 11.6 Å². The summed E-state index contributed by atoms with van der Waals surface area (Å²) < 4.78 is 4.82. The number of allylic oxidation sites excluding steroid dienone is 2. The number of hydrogen-bond acceptors (Lipinski definition) is 9. The highest BCUT2D eigenvalue weighted by Crippen LogP contribution is 2.70. The molecule has 8 rings (SSSR count). The molecule has 5 N–H and O–H groups in total. The summed E-state index contributed by atoms with van der Waals surface area (Å²) in [5.74, 6) is 1.87. The number of methoxy groups -OCH3 is 1. The van der Waals surface area contributed by atoms with Crippen LogP contribution >= 0.6 is 0 Å². The van der Waals surface area contributed by atoms with E-state index in [4.69, 9.17) is 9.84 Å². The molecule has 0 aromatic heterocycles. The summed E-state index contributed by atoms with van der Waals surface area (Å²) in [6.07, 6.45) is 13.1. The van der Waals surface area contributed by atoms with Gasteiger partial charge in [-0.15, -0.1) is 0 Å². The highest BCUT2D eigenvalue weighted by atomic mass is 16.5. The van der Waals surface area contributed by atoms with Gasteiger partial charge < -0.3 is 30.3 Å². The van der Waals surface area contributed by atoms with Gasteiger partial charge in [0.15, 0.2) is 5.78 Å². The normalized spacial score (nSPS) is 46.8. The Kier molecular flexibility index (Phi) is 17.2. The third-order valence-corrected chi connectivity index (χ3v) is 20.7. The molecule has 368 valence electrons. The Labute approximate surface area is 387 Å². The molecular formula is C54H92O10. The van der Waals surface area contributed by atoms with Gasteiger partial charge >= 0.3 is 11.9 Å². The smallest absolute Gasteiger partial charge is 0.305 e. The molecule has 0 heterocycles. The number of carboxylic acids is 1. The third-order valence-electron chi connectivity index (χ3n) is 20.7. The monoisotopic (exact) mass is 901 g/mol. The van der Waals surface area contributed by atoms with E-state index in [0.29, 0.717) is 56.1 Å². The van der Waals surface area contributed by atoms with Crippen LogP contribution in [0.25, 0.3) is 0 Å². The summed E-state index contributed by atoms with van der Waals surface area (Å²) in [7, 11) is 1.43. The molecule has 0 saturated heterocycles. The molecule has 64 heavy (non-hydrogen) atoms. The van der Waals surface area contributed by atoms with Crippen LogP contribution in [0, 0.1) is 92.7 Å². The van der Waals surface area contributed by atoms with Gasteiger partial charge in [-0.3, -0.25) is 19.2 Å². The van der Waals surface area contributed by atoms with E-state index in [0.717, 1.165) is 69.8 Å². The first-order chi connectivity index (χ1) is 28.7. The number of ether oxygens (including phenoxy) is 1. The number of carbonyl (C=O) groups is 4. The number of aliphatic carboxylic acids is 1. The number of carboxylic acid groups (broad SMARTS) is 1. The van der Waals surface area contributed by atoms with Crippen molar-refractivity contribution >= 4 is 23.5 Å². The Morgan fingerprint density at radius 3 is 1.69 bits per heavy atom. The first-order valence-electron chi connectivity index (χ1n) is 24.4. The van der Waals surface area contributed by atoms with Crippen molar-refractivity contribution in [1.29, 1.82) is 0 Å². The molecule has 8 aliphatic carbocycles. The highest BCUT2D eigenvalue weighted by molar-refractivity contribution is 5.99. The van der Waals surface area contributed by atoms with Crippen LogP contribution in [-0.4, -0.2) is 80.6 Å². The Morgan fingerprint density at radius 1 is 0.688 bits per heavy atom. The number of aliphatic hydroxyl groups excluding tert-OH is 4. The van der Waals surface area contributed by atoms with Gasteiger partial charge in [-0.2, -0.15) is 0 Å². The molecule has 0 spiro atoms. The zero-order valence-corrected chi connectivity index (χ0v) is 38.6. The minimum Gasteiger partial charge on any atom is -0.481 e. The Morgan fingerprint density at radius 2 is 1.17 bits per heavy atom. The first-order valence-corrected chi connectivity index (χ1v) is 24.4. The van der Waals surface area contributed by atoms with E-state index in [9.17, 15) is 39.6 Å². The van der Waals surface area contributed by atoms with E-state index in [-0.39, 0.29) is 134 Å². The summed E-state index contributed by atoms with van der Waals surface area (Å²) in [4.78, 5) is 50.1. The van der Waals surface area contributed by atoms with E-state index < -0.39 is 18.2 Å². The molecule has 0 aromatic rings. The zero-order valence-electron chi connectivity index (χ0n) is 38.6. The van der Waals surface area contributed by atoms with Gasteiger partial charge in [0.05, 0.1) is 31.5 Å². The fourth-order valence-electron chi connectivity index (χ4n) is 17.2. The van der Waals surface area contributed by atoms with Gasteiger partial charge in [0.1, 0.15) is 5.78 Å². The van der Waals surface area contributed by atoms with E-state index in [2.05, 4.69) is 41.5 Å². The molecule has 4 unspecified atom stereocenters. The summed E-state index contributed by atoms with van der Waals surface area (Å²) >= 11 is 0. The van der Waals surface area contributed by atoms with Gasteiger partial charge in [-0.25, -0.2) is 0 Å². The molecule has 10 heteroatoms. The van der Waals surface area contributed by atoms with Crippen molar-refractivity contribution in [3.63, 3.8) is 0 Å². The van der Waals surface area contributed by atoms with E-state index in [1.54, 1.807) is 0 Å². The van der Waals surface area contributed by atoms with Crippen LogP contribution in [0.1, 0.15) is 180 Å². The second-order valence-corrected chi connectivity index (χ2v) is 23.0. The van der Waals surface area contributed by atoms with Crippen molar-refractivity contribution < 1.29 is 49.4 Å². The van der Waals surface area contributed by atoms with Gasteiger partial charge in [0.25, 0.3) is 0 Å². The molecule has 0 radical (unpaired) electrons. The fourth-order valence-corrected chi connectivity index (χ4v) is 17.2. The maximum absolute atomic E-state index is 13.9. The predicted molar refractivity (Wildman–Crippen MR) is 252 cm³/mol. The average Bonchev–Trinajstić information content (AvgIpc) is 3.77. The lowest BCUT2D eigenvalue weighted by Gasteiger charge is -2.62. The van der Waals surface area contributed by atoms with Crippen molar-refractivity contribution in [3.8, 4) is 0 Å². The number of ketones is 2. The third kappa shape index (κ3) is 8.76. The zero-order chi connectivity index (χ0) is 44.6. The molecule has 0 bridgehead atoms. The SMILES string of the molecule is C.C.C.C/C=C1/C(=O)[C@H]2C3CC[C@H]([C@H](C)CCC(=O)O)[C@@]3(C)[C@@H](O)CC2[C@@]2(C)CC[C@@H](O)C[C@@H]12.COC(=O)CC[C@@H](C)[C@H]1CCC2[C@@H]3C(=O)C[C@@H]4C[C@H](O)CC[C@]4(C)C3C[C@H](O)[C@@]21C. The van der Waals surface area contributed by atoms with Gasteiger partial charge in [0, 0.05) is 41.9 Å². The van der Waals surface area contributed by atoms with Gasteiger partial charge in [-0.05, 0) is 172 Å². The van der Waals surface area contributed by atoms with Crippen LogP contribution in [0.3, 0.4) is 0 Å². The van der Waals surface area contributed by atoms with Crippen LogP contribution < -0.4 is 0 Å². The topological polar surface area (TPSA) is 179 Å². The molecule has 10 nitrogen and oxygen atoms in total. The minimum absolute atomic E-state index is 0. The van der Waals surface area contributed by atoms with Crippen molar-refractivity contribution in [2.45, 2.75) is 204 Å². The van der Waals surface area contributed by atoms with E-state index in [1.807, 2.05) is 13.0 Å². The van der Waals surface area contributed by atoms with Crippen molar-refractivity contribution in [2.24, 2.45) is 92.7 Å². The van der Waals surface area contributed by atoms with Crippen LogP contribution in [0.5, 0.6) is 0 Å². The average molecular weight is 901 g/mol. The summed E-state index contributed by atoms with van der Waals surface area (Å²) in [6, 6.07) is 0. The number of Topliss-reactive ketones (excluding diaryl/α,β-unsaturated/α-hetero) is 2. The maximum atomic E-state index is 13.9. The lowest BCUT2D eigenvalue weighted by molar-refractivity contribution is -0.182. The highest BCUT2D eigenvalue weighted by Gasteiger charge is 2.68. The van der Waals surface area contributed by atoms with Gasteiger partial charge in [-0.1, -0.05) is 69.9 Å². The second kappa shape index (κ2) is 20.2. The molecule has 20 atom stereocenters. The minimum atomic E-state index is -0.769. The maximum Gasteiger partial charge on any atom is 0.305 e. The molecule has 8 fully saturated rings. The van der Waals surface area contributed by atoms with Crippen LogP contribution in [-0.2, 0) is 23.9 Å². The summed E-state index contributed by atoms with van der Waals surface area (Å²) in [5, 5.41) is 52.8.